The van der Waals surface area contributed by atoms with Crippen LogP contribution in [0, 0.1) is 5.92 Å². The Morgan fingerprint density at radius 2 is 1.65 bits per heavy atom. The standard InChI is InChI=1S/C25H31NO7S/c1-14-23(31-16(3)28)22(13-30-15(2)27)33-25(24(14)32-17(4)29)34-19-10-11-20-18(12-19)8-7-9-21(20)26(5)6/h7-12,14,22-25H,13H2,1-6H3/t14?,22?,23-,24?,25-/m1/s1. The molecule has 184 valence electrons. The van der Waals surface area contributed by atoms with Gasteiger partial charge in [0.1, 0.15) is 30.4 Å². The summed E-state index contributed by atoms with van der Waals surface area (Å²) in [6, 6.07) is 12.2. The highest BCUT2D eigenvalue weighted by molar-refractivity contribution is 7.99. The zero-order valence-corrected chi connectivity index (χ0v) is 21.1. The minimum absolute atomic E-state index is 0.0780. The summed E-state index contributed by atoms with van der Waals surface area (Å²) in [5, 5.41) is 2.19. The minimum Gasteiger partial charge on any atom is -0.463 e. The fourth-order valence-corrected chi connectivity index (χ4v) is 5.35. The van der Waals surface area contributed by atoms with Crippen LogP contribution in [0.1, 0.15) is 27.7 Å². The number of nitrogens with zero attached hydrogens (tertiary/aromatic N) is 1. The Hall–Kier alpha value is -2.78. The summed E-state index contributed by atoms with van der Waals surface area (Å²) in [5.74, 6) is -1.80. The van der Waals surface area contributed by atoms with E-state index < -0.39 is 41.7 Å². The smallest absolute Gasteiger partial charge is 0.303 e. The van der Waals surface area contributed by atoms with Crippen molar-refractivity contribution in [3.05, 3.63) is 36.4 Å². The maximum Gasteiger partial charge on any atom is 0.303 e. The van der Waals surface area contributed by atoms with Crippen LogP contribution in [0.15, 0.2) is 41.3 Å². The lowest BCUT2D eigenvalue weighted by Crippen LogP contribution is -2.56. The second-order valence-corrected chi connectivity index (χ2v) is 9.70. The van der Waals surface area contributed by atoms with Crippen molar-refractivity contribution >= 4 is 46.1 Å². The highest BCUT2D eigenvalue weighted by Gasteiger charge is 2.48. The molecule has 8 nitrogen and oxygen atoms in total. The normalized spacial score (nSPS) is 24.4. The zero-order chi connectivity index (χ0) is 25.0. The van der Waals surface area contributed by atoms with Crippen molar-refractivity contribution < 1.29 is 33.3 Å². The molecule has 3 rings (SSSR count). The largest absolute Gasteiger partial charge is 0.463 e. The van der Waals surface area contributed by atoms with Gasteiger partial charge >= 0.3 is 17.9 Å². The third-order valence-electron chi connectivity index (χ3n) is 5.60. The Morgan fingerprint density at radius 3 is 2.26 bits per heavy atom. The van der Waals surface area contributed by atoms with E-state index in [2.05, 4.69) is 23.1 Å². The number of carbonyl (C=O) groups excluding carboxylic acids is 3. The molecule has 0 aliphatic carbocycles. The van der Waals surface area contributed by atoms with Gasteiger partial charge in [0.15, 0.2) is 0 Å². The van der Waals surface area contributed by atoms with E-state index in [9.17, 15) is 14.4 Å². The van der Waals surface area contributed by atoms with Crippen molar-refractivity contribution in [3.8, 4) is 0 Å². The van der Waals surface area contributed by atoms with E-state index in [1.807, 2.05) is 39.2 Å². The van der Waals surface area contributed by atoms with Gasteiger partial charge in [-0.25, -0.2) is 0 Å². The van der Waals surface area contributed by atoms with Crippen molar-refractivity contribution in [2.24, 2.45) is 5.92 Å². The molecule has 2 aromatic carbocycles. The predicted octanol–water partition coefficient (Wildman–Crippen LogP) is 3.79. The first-order valence-corrected chi connectivity index (χ1v) is 11.9. The van der Waals surface area contributed by atoms with Gasteiger partial charge in [-0.2, -0.15) is 0 Å². The first kappa shape index (κ1) is 25.8. The van der Waals surface area contributed by atoms with Gasteiger partial charge in [0.25, 0.3) is 0 Å². The van der Waals surface area contributed by atoms with E-state index in [1.165, 1.54) is 32.5 Å². The Bertz CT molecular complexity index is 1050. The molecule has 5 atom stereocenters. The van der Waals surface area contributed by atoms with Crippen LogP contribution in [-0.2, 0) is 33.3 Å². The number of anilines is 1. The average molecular weight is 490 g/mol. The number of ether oxygens (including phenoxy) is 4. The minimum atomic E-state index is -0.739. The van der Waals surface area contributed by atoms with Crippen LogP contribution in [0.5, 0.6) is 0 Å². The van der Waals surface area contributed by atoms with Crippen LogP contribution in [0.2, 0.25) is 0 Å². The summed E-state index contributed by atoms with van der Waals surface area (Å²) in [5.41, 5.74) is 0.515. The summed E-state index contributed by atoms with van der Waals surface area (Å²) in [6.07, 6.45) is -2.12. The van der Waals surface area contributed by atoms with Gasteiger partial charge in [-0.3, -0.25) is 14.4 Å². The number of hydrogen-bond acceptors (Lipinski definition) is 9. The van der Waals surface area contributed by atoms with Crippen molar-refractivity contribution in [1.29, 1.82) is 0 Å². The van der Waals surface area contributed by atoms with E-state index in [-0.39, 0.29) is 12.5 Å². The fourth-order valence-electron chi connectivity index (χ4n) is 4.10. The Labute approximate surface area is 203 Å². The molecular formula is C25H31NO7S. The summed E-state index contributed by atoms with van der Waals surface area (Å²) in [6.45, 7) is 5.69. The summed E-state index contributed by atoms with van der Waals surface area (Å²) < 4.78 is 22.5. The molecule has 1 aliphatic rings. The molecule has 0 radical (unpaired) electrons. The lowest BCUT2D eigenvalue weighted by atomic mass is 9.91. The van der Waals surface area contributed by atoms with Crippen molar-refractivity contribution in [2.75, 3.05) is 25.6 Å². The van der Waals surface area contributed by atoms with Gasteiger partial charge in [-0.15, -0.1) is 0 Å². The van der Waals surface area contributed by atoms with E-state index >= 15 is 0 Å². The number of rotatable bonds is 7. The van der Waals surface area contributed by atoms with Crippen LogP contribution >= 0.6 is 11.8 Å². The number of thioether (sulfide) groups is 1. The molecule has 3 unspecified atom stereocenters. The molecule has 0 aromatic heterocycles. The quantitative estimate of drug-likeness (QED) is 0.425. The van der Waals surface area contributed by atoms with Crippen LogP contribution in [0.25, 0.3) is 10.8 Å². The topological polar surface area (TPSA) is 91.4 Å². The summed E-state index contributed by atoms with van der Waals surface area (Å²) in [7, 11) is 4.00. The number of esters is 3. The molecule has 0 amide bonds. The van der Waals surface area contributed by atoms with Crippen LogP contribution in [-0.4, -0.2) is 62.4 Å². The highest BCUT2D eigenvalue weighted by Crippen LogP contribution is 2.40. The van der Waals surface area contributed by atoms with Crippen molar-refractivity contribution in [2.45, 2.75) is 56.3 Å². The van der Waals surface area contributed by atoms with Crippen LogP contribution in [0.4, 0.5) is 5.69 Å². The molecule has 2 aromatic rings. The lowest BCUT2D eigenvalue weighted by molar-refractivity contribution is -0.212. The SMILES string of the molecule is CC(=O)OCC1O[C@H](Sc2ccc3c(N(C)C)cccc3c2)C(OC(C)=O)C(C)[C@H]1OC(C)=O. The Balaban J connectivity index is 1.92. The van der Waals surface area contributed by atoms with Crippen molar-refractivity contribution in [1.82, 2.24) is 0 Å². The van der Waals surface area contributed by atoms with E-state index in [1.54, 1.807) is 0 Å². The zero-order valence-electron chi connectivity index (χ0n) is 20.3. The molecule has 0 bridgehead atoms. The number of hydrogen-bond donors (Lipinski definition) is 0. The molecule has 1 saturated heterocycles. The van der Waals surface area contributed by atoms with Gasteiger partial charge in [-0.1, -0.05) is 36.9 Å². The lowest BCUT2D eigenvalue weighted by Gasteiger charge is -2.43. The fraction of sp³-hybridized carbons (Fsp3) is 0.480. The first-order chi connectivity index (χ1) is 16.1. The van der Waals surface area contributed by atoms with E-state index in [0.717, 1.165) is 21.4 Å². The molecule has 1 aliphatic heterocycles. The number of fused-ring (bicyclic) bond motifs is 1. The molecular weight excluding hydrogens is 458 g/mol. The van der Waals surface area contributed by atoms with Gasteiger partial charge in [0.2, 0.25) is 0 Å². The van der Waals surface area contributed by atoms with Gasteiger partial charge in [0.05, 0.1) is 0 Å². The van der Waals surface area contributed by atoms with Gasteiger partial charge in [0, 0.05) is 56.8 Å². The third-order valence-corrected chi connectivity index (χ3v) is 6.74. The van der Waals surface area contributed by atoms with Crippen LogP contribution in [0.3, 0.4) is 0 Å². The number of benzene rings is 2. The summed E-state index contributed by atoms with van der Waals surface area (Å²) >= 11 is 1.41. The number of carbonyl (C=O) groups is 3. The molecule has 34 heavy (non-hydrogen) atoms. The highest BCUT2D eigenvalue weighted by atomic mass is 32.2. The van der Waals surface area contributed by atoms with Gasteiger partial charge in [-0.05, 0) is 23.6 Å². The molecule has 1 heterocycles. The predicted molar refractivity (Wildman–Crippen MR) is 130 cm³/mol. The molecule has 0 spiro atoms. The maximum atomic E-state index is 11.9. The van der Waals surface area contributed by atoms with Gasteiger partial charge < -0.3 is 23.8 Å². The average Bonchev–Trinajstić information content (AvgIpc) is 2.75. The monoisotopic (exact) mass is 489 g/mol. The Kier molecular flexibility index (Phi) is 8.43. The Morgan fingerprint density at radius 1 is 0.971 bits per heavy atom. The van der Waals surface area contributed by atoms with E-state index in [4.69, 9.17) is 18.9 Å². The molecule has 0 saturated carbocycles. The first-order valence-electron chi connectivity index (χ1n) is 11.1. The molecule has 9 heteroatoms. The summed E-state index contributed by atoms with van der Waals surface area (Å²) in [4.78, 5) is 38.0. The van der Waals surface area contributed by atoms with E-state index in [0.29, 0.717) is 0 Å². The molecule has 1 fully saturated rings. The maximum absolute atomic E-state index is 11.9. The molecule has 0 N–H and O–H groups in total. The second-order valence-electron chi connectivity index (χ2n) is 8.53. The second kappa shape index (κ2) is 11.1. The third kappa shape index (κ3) is 6.21. The van der Waals surface area contributed by atoms with Crippen LogP contribution < -0.4 is 4.90 Å². The van der Waals surface area contributed by atoms with Crippen molar-refractivity contribution in [3.63, 3.8) is 0 Å².